The minimum absolute atomic E-state index is 0.315. The minimum Gasteiger partial charge on any atom is -0.465 e. The van der Waals surface area contributed by atoms with Gasteiger partial charge in [-0.05, 0) is 35.4 Å². The molecule has 0 aliphatic carbocycles. The molecule has 0 N–H and O–H groups in total. The summed E-state index contributed by atoms with van der Waals surface area (Å²) >= 11 is 1.65. The Morgan fingerprint density at radius 1 is 1.19 bits per heavy atom. The van der Waals surface area contributed by atoms with Crippen LogP contribution in [0.4, 0.5) is 0 Å². The van der Waals surface area contributed by atoms with Gasteiger partial charge in [0.25, 0.3) is 0 Å². The van der Waals surface area contributed by atoms with E-state index in [-0.39, 0.29) is 5.97 Å². The zero-order valence-electron chi connectivity index (χ0n) is 11.9. The minimum atomic E-state index is -0.315. The number of carbonyl (C=O) groups is 1. The third kappa shape index (κ3) is 2.67. The van der Waals surface area contributed by atoms with Gasteiger partial charge in [-0.2, -0.15) is 0 Å². The van der Waals surface area contributed by atoms with Crippen molar-refractivity contribution in [2.45, 2.75) is 13.3 Å². The summed E-state index contributed by atoms with van der Waals surface area (Å²) in [7, 11) is 1.39. The Bertz CT molecular complexity index is 807. The van der Waals surface area contributed by atoms with E-state index in [1.807, 2.05) is 12.1 Å². The second-order valence-electron chi connectivity index (χ2n) is 4.77. The Labute approximate surface area is 127 Å². The molecule has 0 aliphatic rings. The number of fused-ring (bicyclic) bond motifs is 1. The summed E-state index contributed by atoms with van der Waals surface area (Å²) in [6.45, 7) is 2.10. The van der Waals surface area contributed by atoms with Crippen molar-refractivity contribution in [2.24, 2.45) is 0 Å². The van der Waals surface area contributed by atoms with Crippen molar-refractivity contribution in [3.8, 4) is 10.6 Å². The monoisotopic (exact) mass is 297 g/mol. The summed E-state index contributed by atoms with van der Waals surface area (Å²) in [5.74, 6) is -0.315. The number of methoxy groups -OCH3 is 1. The molecule has 0 fully saturated rings. The van der Waals surface area contributed by atoms with Gasteiger partial charge in [-0.15, -0.1) is 11.3 Å². The molecule has 0 amide bonds. The maximum Gasteiger partial charge on any atom is 0.337 e. The molecule has 1 aromatic heterocycles. The van der Waals surface area contributed by atoms with Crippen molar-refractivity contribution in [3.05, 3.63) is 53.0 Å². The SMILES string of the molecule is CCc1csc(-c2ccc3ccc(C(=O)OC)cc3c2)n1. The number of rotatable bonds is 3. The standard InChI is InChI=1S/C17H15NO2S/c1-3-15-10-21-16(18-15)12-6-4-11-5-7-13(17(19)20-2)9-14(11)8-12/h4-10H,3H2,1-2H3. The molecular formula is C17H15NO2S. The summed E-state index contributed by atoms with van der Waals surface area (Å²) in [6.07, 6.45) is 0.941. The Kier molecular flexibility index (Phi) is 3.71. The van der Waals surface area contributed by atoms with Crippen LogP contribution in [-0.4, -0.2) is 18.1 Å². The van der Waals surface area contributed by atoms with E-state index < -0.39 is 0 Å². The highest BCUT2D eigenvalue weighted by Crippen LogP contribution is 2.28. The quantitative estimate of drug-likeness (QED) is 0.676. The van der Waals surface area contributed by atoms with Crippen LogP contribution in [0.2, 0.25) is 0 Å². The van der Waals surface area contributed by atoms with Gasteiger partial charge in [-0.3, -0.25) is 0 Å². The highest BCUT2D eigenvalue weighted by atomic mass is 32.1. The van der Waals surface area contributed by atoms with Gasteiger partial charge in [0.2, 0.25) is 0 Å². The van der Waals surface area contributed by atoms with Crippen molar-refractivity contribution >= 4 is 28.1 Å². The molecule has 3 rings (SSSR count). The lowest BCUT2D eigenvalue weighted by Crippen LogP contribution is -2.00. The van der Waals surface area contributed by atoms with Crippen LogP contribution in [0.15, 0.2) is 41.8 Å². The van der Waals surface area contributed by atoms with Gasteiger partial charge in [-0.25, -0.2) is 9.78 Å². The maximum atomic E-state index is 11.6. The van der Waals surface area contributed by atoms with Gasteiger partial charge in [0.05, 0.1) is 18.4 Å². The van der Waals surface area contributed by atoms with Crippen molar-refractivity contribution < 1.29 is 9.53 Å². The molecule has 3 aromatic rings. The Morgan fingerprint density at radius 3 is 2.71 bits per heavy atom. The molecule has 21 heavy (non-hydrogen) atoms. The van der Waals surface area contributed by atoms with Gasteiger partial charge in [0.15, 0.2) is 0 Å². The average molecular weight is 297 g/mol. The topological polar surface area (TPSA) is 39.2 Å². The molecule has 106 valence electrons. The highest BCUT2D eigenvalue weighted by molar-refractivity contribution is 7.13. The van der Waals surface area contributed by atoms with Crippen LogP contribution in [0.1, 0.15) is 23.0 Å². The Balaban J connectivity index is 2.07. The number of thiazole rings is 1. The van der Waals surface area contributed by atoms with Gasteiger partial charge in [-0.1, -0.05) is 25.1 Å². The molecule has 0 atom stereocenters. The molecule has 3 nitrogen and oxygen atoms in total. The third-order valence-electron chi connectivity index (χ3n) is 3.42. The first-order valence-electron chi connectivity index (χ1n) is 6.78. The first-order valence-corrected chi connectivity index (χ1v) is 7.66. The molecule has 0 bridgehead atoms. The van der Waals surface area contributed by atoms with E-state index in [4.69, 9.17) is 4.74 Å². The van der Waals surface area contributed by atoms with E-state index in [1.54, 1.807) is 17.4 Å². The second-order valence-corrected chi connectivity index (χ2v) is 5.62. The molecule has 4 heteroatoms. The number of ether oxygens (including phenoxy) is 1. The molecule has 0 aliphatic heterocycles. The molecule has 2 aromatic carbocycles. The fourth-order valence-electron chi connectivity index (χ4n) is 2.23. The van der Waals surface area contributed by atoms with E-state index in [0.717, 1.165) is 33.5 Å². The largest absolute Gasteiger partial charge is 0.465 e. The summed E-state index contributed by atoms with van der Waals surface area (Å²) < 4.78 is 4.77. The first kappa shape index (κ1) is 13.8. The number of benzene rings is 2. The lowest BCUT2D eigenvalue weighted by Gasteiger charge is -2.04. The van der Waals surface area contributed by atoms with Gasteiger partial charge in [0, 0.05) is 10.9 Å². The predicted octanol–water partition coefficient (Wildman–Crippen LogP) is 4.31. The van der Waals surface area contributed by atoms with E-state index in [1.165, 1.54) is 7.11 Å². The lowest BCUT2D eigenvalue weighted by atomic mass is 10.0. The summed E-state index contributed by atoms with van der Waals surface area (Å²) in [4.78, 5) is 16.2. The predicted molar refractivity (Wildman–Crippen MR) is 85.8 cm³/mol. The van der Waals surface area contributed by atoms with Crippen LogP contribution >= 0.6 is 11.3 Å². The maximum absolute atomic E-state index is 11.6. The molecule has 0 radical (unpaired) electrons. The molecular weight excluding hydrogens is 282 g/mol. The summed E-state index contributed by atoms with van der Waals surface area (Å²) in [6, 6.07) is 11.8. The van der Waals surface area contributed by atoms with Crippen LogP contribution in [0, 0.1) is 0 Å². The lowest BCUT2D eigenvalue weighted by molar-refractivity contribution is 0.0601. The second kappa shape index (κ2) is 5.66. The normalized spacial score (nSPS) is 10.8. The van der Waals surface area contributed by atoms with Crippen LogP contribution in [0.5, 0.6) is 0 Å². The van der Waals surface area contributed by atoms with Crippen molar-refractivity contribution in [2.75, 3.05) is 7.11 Å². The van der Waals surface area contributed by atoms with Crippen molar-refractivity contribution in [3.63, 3.8) is 0 Å². The fourth-order valence-corrected chi connectivity index (χ4v) is 3.13. The van der Waals surface area contributed by atoms with Crippen LogP contribution < -0.4 is 0 Å². The van der Waals surface area contributed by atoms with Crippen molar-refractivity contribution in [1.82, 2.24) is 4.98 Å². The zero-order chi connectivity index (χ0) is 14.8. The molecule has 0 saturated heterocycles. The fraction of sp³-hybridized carbons (Fsp3) is 0.176. The van der Waals surface area contributed by atoms with Crippen molar-refractivity contribution in [1.29, 1.82) is 0 Å². The third-order valence-corrected chi connectivity index (χ3v) is 4.36. The number of hydrogen-bond donors (Lipinski definition) is 0. The van der Waals surface area contributed by atoms with E-state index in [0.29, 0.717) is 5.56 Å². The summed E-state index contributed by atoms with van der Waals surface area (Å²) in [5, 5.41) is 5.21. The molecule has 0 unspecified atom stereocenters. The van der Waals surface area contributed by atoms with Gasteiger partial charge in [0.1, 0.15) is 5.01 Å². The number of aryl methyl sites for hydroxylation is 1. The van der Waals surface area contributed by atoms with Crippen LogP contribution in [0.25, 0.3) is 21.3 Å². The number of hydrogen-bond acceptors (Lipinski definition) is 4. The molecule has 0 spiro atoms. The smallest absolute Gasteiger partial charge is 0.337 e. The highest BCUT2D eigenvalue weighted by Gasteiger charge is 2.08. The average Bonchev–Trinajstić information content (AvgIpc) is 3.02. The Hall–Kier alpha value is -2.20. The number of nitrogens with zero attached hydrogens (tertiary/aromatic N) is 1. The van der Waals surface area contributed by atoms with E-state index >= 15 is 0 Å². The summed E-state index contributed by atoms with van der Waals surface area (Å²) in [5.41, 5.74) is 2.75. The molecule has 0 saturated carbocycles. The van der Waals surface area contributed by atoms with E-state index in [2.05, 4.69) is 35.5 Å². The Morgan fingerprint density at radius 2 is 2.00 bits per heavy atom. The van der Waals surface area contributed by atoms with Crippen LogP contribution in [0.3, 0.4) is 0 Å². The number of esters is 1. The molecule has 1 heterocycles. The number of aromatic nitrogens is 1. The first-order chi connectivity index (χ1) is 10.2. The zero-order valence-corrected chi connectivity index (χ0v) is 12.7. The van der Waals surface area contributed by atoms with E-state index in [9.17, 15) is 4.79 Å². The van der Waals surface area contributed by atoms with Gasteiger partial charge >= 0.3 is 5.97 Å². The van der Waals surface area contributed by atoms with Crippen LogP contribution in [-0.2, 0) is 11.2 Å². The number of carbonyl (C=O) groups excluding carboxylic acids is 1. The van der Waals surface area contributed by atoms with Gasteiger partial charge < -0.3 is 4.74 Å².